The summed E-state index contributed by atoms with van der Waals surface area (Å²) in [7, 11) is -1.55. The minimum absolute atomic E-state index is 0.463. The van der Waals surface area contributed by atoms with Crippen molar-refractivity contribution in [1.82, 2.24) is 0 Å². The van der Waals surface area contributed by atoms with E-state index in [0.717, 1.165) is 12.7 Å². The van der Waals surface area contributed by atoms with Crippen LogP contribution in [0.4, 0.5) is 0 Å². The van der Waals surface area contributed by atoms with Crippen LogP contribution >= 0.6 is 0 Å². The molecule has 0 aliphatic heterocycles. The first kappa shape index (κ1) is 12.9. The van der Waals surface area contributed by atoms with Crippen LogP contribution in [0.5, 0.6) is 0 Å². The standard InChI is InChI=1S/C14H20OSi/c1-4-8-13(11-12-15)16(2,3)14-9-6-5-7-10-14/h4-7,9-10,12-13H,1,8,11H2,2-3H3/t13-/m1/s1. The van der Waals surface area contributed by atoms with Crippen LogP contribution in [0.1, 0.15) is 12.8 Å². The van der Waals surface area contributed by atoms with Gasteiger partial charge in [0.1, 0.15) is 6.29 Å². The molecule has 0 saturated heterocycles. The lowest BCUT2D eigenvalue weighted by atomic mass is 10.2. The lowest BCUT2D eigenvalue weighted by Gasteiger charge is -2.31. The van der Waals surface area contributed by atoms with E-state index >= 15 is 0 Å². The Hall–Kier alpha value is -1.15. The molecule has 1 nitrogen and oxygen atoms in total. The van der Waals surface area contributed by atoms with Gasteiger partial charge in [-0.15, -0.1) is 6.58 Å². The fourth-order valence-corrected chi connectivity index (χ4v) is 5.07. The molecule has 0 spiro atoms. The van der Waals surface area contributed by atoms with Crippen molar-refractivity contribution in [1.29, 1.82) is 0 Å². The zero-order chi connectivity index (χ0) is 12.0. The second-order valence-electron chi connectivity index (χ2n) is 4.71. The number of benzene rings is 1. The summed E-state index contributed by atoms with van der Waals surface area (Å²) < 4.78 is 0. The maximum absolute atomic E-state index is 10.8. The monoisotopic (exact) mass is 232 g/mol. The Morgan fingerprint density at radius 1 is 1.25 bits per heavy atom. The second-order valence-corrected chi connectivity index (χ2v) is 9.55. The predicted octanol–water partition coefficient (Wildman–Crippen LogP) is 3.14. The highest BCUT2D eigenvalue weighted by atomic mass is 28.3. The van der Waals surface area contributed by atoms with Crippen molar-refractivity contribution >= 4 is 19.5 Å². The third kappa shape index (κ3) is 2.92. The number of carbonyl (C=O) groups is 1. The molecule has 2 heteroatoms. The van der Waals surface area contributed by atoms with E-state index in [4.69, 9.17) is 0 Å². The molecule has 0 heterocycles. The molecule has 1 rings (SSSR count). The van der Waals surface area contributed by atoms with Gasteiger partial charge >= 0.3 is 0 Å². The summed E-state index contributed by atoms with van der Waals surface area (Å²) in [5.41, 5.74) is 0.463. The van der Waals surface area contributed by atoms with E-state index < -0.39 is 8.07 Å². The van der Waals surface area contributed by atoms with Crippen LogP contribution in [0.25, 0.3) is 0 Å². The van der Waals surface area contributed by atoms with Gasteiger partial charge in [0.2, 0.25) is 0 Å². The van der Waals surface area contributed by atoms with Crippen LogP contribution in [-0.2, 0) is 4.79 Å². The molecule has 0 aliphatic carbocycles. The molecular formula is C14H20OSi. The van der Waals surface area contributed by atoms with Crippen molar-refractivity contribution < 1.29 is 4.79 Å². The molecule has 0 unspecified atom stereocenters. The molecule has 0 N–H and O–H groups in total. The Morgan fingerprint density at radius 2 is 1.88 bits per heavy atom. The zero-order valence-corrected chi connectivity index (χ0v) is 11.1. The van der Waals surface area contributed by atoms with Crippen molar-refractivity contribution in [3.63, 3.8) is 0 Å². The molecule has 16 heavy (non-hydrogen) atoms. The van der Waals surface area contributed by atoms with E-state index in [0.29, 0.717) is 12.0 Å². The van der Waals surface area contributed by atoms with Crippen molar-refractivity contribution in [3.8, 4) is 0 Å². The first-order valence-electron chi connectivity index (χ1n) is 5.73. The average molecular weight is 232 g/mol. The van der Waals surface area contributed by atoms with Crippen LogP contribution in [0.15, 0.2) is 43.0 Å². The number of aldehydes is 1. The fraction of sp³-hybridized carbons (Fsp3) is 0.357. The fourth-order valence-electron chi connectivity index (χ4n) is 2.11. The summed E-state index contributed by atoms with van der Waals surface area (Å²) in [6, 6.07) is 10.6. The number of hydrogen-bond acceptors (Lipinski definition) is 1. The molecule has 0 bridgehead atoms. The largest absolute Gasteiger partial charge is 0.303 e. The molecule has 86 valence electrons. The Kier molecular flexibility index (Phi) is 4.68. The summed E-state index contributed by atoms with van der Waals surface area (Å²) >= 11 is 0. The summed E-state index contributed by atoms with van der Waals surface area (Å²) in [5, 5.41) is 1.42. The number of carbonyl (C=O) groups excluding carboxylic acids is 1. The van der Waals surface area contributed by atoms with Crippen LogP contribution in [0.3, 0.4) is 0 Å². The van der Waals surface area contributed by atoms with Gasteiger partial charge in [-0.2, -0.15) is 0 Å². The van der Waals surface area contributed by atoms with Crippen LogP contribution in [0, 0.1) is 0 Å². The zero-order valence-electron chi connectivity index (χ0n) is 10.1. The van der Waals surface area contributed by atoms with Gasteiger partial charge in [-0.1, -0.05) is 54.7 Å². The Bertz CT molecular complexity index is 333. The molecular weight excluding hydrogens is 212 g/mol. The van der Waals surface area contributed by atoms with Crippen LogP contribution in [-0.4, -0.2) is 14.4 Å². The molecule has 0 aromatic heterocycles. The molecule has 0 radical (unpaired) electrons. The lowest BCUT2D eigenvalue weighted by molar-refractivity contribution is -0.107. The minimum atomic E-state index is -1.55. The van der Waals surface area contributed by atoms with Crippen LogP contribution in [0.2, 0.25) is 18.6 Å². The summed E-state index contributed by atoms with van der Waals surface area (Å²) in [6.45, 7) is 8.46. The Morgan fingerprint density at radius 3 is 2.38 bits per heavy atom. The van der Waals surface area contributed by atoms with Gasteiger partial charge in [-0.3, -0.25) is 0 Å². The first-order valence-corrected chi connectivity index (χ1v) is 8.80. The van der Waals surface area contributed by atoms with Gasteiger partial charge in [0, 0.05) is 6.42 Å². The summed E-state index contributed by atoms with van der Waals surface area (Å²) in [5.74, 6) is 0. The molecule has 0 saturated carbocycles. The summed E-state index contributed by atoms with van der Waals surface area (Å²) in [6.07, 6.45) is 4.57. The van der Waals surface area contributed by atoms with Gasteiger partial charge in [0.05, 0.1) is 8.07 Å². The van der Waals surface area contributed by atoms with E-state index in [-0.39, 0.29) is 0 Å². The van der Waals surface area contributed by atoms with Crippen molar-refractivity contribution in [3.05, 3.63) is 43.0 Å². The minimum Gasteiger partial charge on any atom is -0.303 e. The maximum atomic E-state index is 10.8. The molecule has 0 aliphatic rings. The second kappa shape index (κ2) is 5.80. The highest BCUT2D eigenvalue weighted by Crippen LogP contribution is 2.28. The topological polar surface area (TPSA) is 17.1 Å². The number of rotatable bonds is 6. The Balaban J connectivity index is 2.96. The molecule has 1 atom stereocenters. The molecule has 1 aromatic rings. The van der Waals surface area contributed by atoms with Crippen LogP contribution < -0.4 is 5.19 Å². The van der Waals surface area contributed by atoms with Crippen molar-refractivity contribution in [2.24, 2.45) is 0 Å². The number of hydrogen-bond donors (Lipinski definition) is 0. The highest BCUT2D eigenvalue weighted by Gasteiger charge is 2.32. The van der Waals surface area contributed by atoms with Gasteiger partial charge < -0.3 is 4.79 Å². The third-order valence-electron chi connectivity index (χ3n) is 3.37. The van der Waals surface area contributed by atoms with Gasteiger partial charge in [-0.25, -0.2) is 0 Å². The molecule has 0 fully saturated rings. The number of allylic oxidation sites excluding steroid dienone is 1. The van der Waals surface area contributed by atoms with Gasteiger partial charge in [-0.05, 0) is 12.0 Å². The van der Waals surface area contributed by atoms with E-state index in [2.05, 4.69) is 43.9 Å². The maximum Gasteiger partial charge on any atom is 0.120 e. The smallest absolute Gasteiger partial charge is 0.120 e. The van der Waals surface area contributed by atoms with E-state index in [9.17, 15) is 4.79 Å². The summed E-state index contributed by atoms with van der Waals surface area (Å²) in [4.78, 5) is 10.8. The van der Waals surface area contributed by atoms with Gasteiger partial charge in [0.15, 0.2) is 0 Å². The van der Waals surface area contributed by atoms with Crippen molar-refractivity contribution in [2.45, 2.75) is 31.5 Å². The normalized spacial score (nSPS) is 13.1. The average Bonchev–Trinajstić information content (AvgIpc) is 2.30. The predicted molar refractivity (Wildman–Crippen MR) is 72.8 cm³/mol. The molecule has 0 amide bonds. The van der Waals surface area contributed by atoms with Crippen molar-refractivity contribution in [2.75, 3.05) is 0 Å². The molecule has 1 aromatic carbocycles. The quantitative estimate of drug-likeness (QED) is 0.418. The first-order chi connectivity index (χ1) is 7.62. The Labute approximate surface area is 99.2 Å². The van der Waals surface area contributed by atoms with E-state index in [1.54, 1.807) is 0 Å². The highest BCUT2D eigenvalue weighted by molar-refractivity contribution is 6.91. The SMILES string of the molecule is C=CC[C@H](CC=O)[Si](C)(C)c1ccccc1. The van der Waals surface area contributed by atoms with E-state index in [1.807, 2.05) is 12.1 Å². The van der Waals surface area contributed by atoms with Gasteiger partial charge in [0.25, 0.3) is 0 Å². The third-order valence-corrected chi connectivity index (χ3v) is 7.70. The lowest BCUT2D eigenvalue weighted by Crippen LogP contribution is -2.46. The van der Waals surface area contributed by atoms with E-state index in [1.165, 1.54) is 5.19 Å².